The van der Waals surface area contributed by atoms with Crippen LogP contribution in [-0.4, -0.2) is 40.8 Å². The van der Waals surface area contributed by atoms with E-state index in [-0.39, 0.29) is 6.61 Å². The van der Waals surface area contributed by atoms with E-state index in [1.54, 1.807) is 6.20 Å². The van der Waals surface area contributed by atoms with Crippen LogP contribution in [0.25, 0.3) is 0 Å². The van der Waals surface area contributed by atoms with Gasteiger partial charge in [0.25, 0.3) is 0 Å². The van der Waals surface area contributed by atoms with Crippen LogP contribution in [0.3, 0.4) is 0 Å². The molecule has 0 spiro atoms. The van der Waals surface area contributed by atoms with Crippen LogP contribution in [0.2, 0.25) is 5.02 Å². The molecule has 6 heteroatoms. The maximum atomic E-state index is 9.26. The van der Waals surface area contributed by atoms with Crippen molar-refractivity contribution in [2.24, 2.45) is 0 Å². The predicted molar refractivity (Wildman–Crippen MR) is 80.0 cm³/mol. The molecule has 0 fully saturated rings. The molecule has 1 rings (SSSR count). The van der Waals surface area contributed by atoms with Crippen molar-refractivity contribution in [3.8, 4) is 0 Å². The predicted octanol–water partition coefficient (Wildman–Crippen LogP) is 2.55. The van der Waals surface area contributed by atoms with Crippen LogP contribution >= 0.6 is 11.6 Å². The minimum absolute atomic E-state index is 0.0768. The summed E-state index contributed by atoms with van der Waals surface area (Å²) in [5, 5.41) is 12.9. The van der Waals surface area contributed by atoms with Crippen molar-refractivity contribution in [2.75, 3.05) is 29.9 Å². The van der Waals surface area contributed by atoms with Crippen molar-refractivity contribution in [3.05, 3.63) is 11.2 Å². The van der Waals surface area contributed by atoms with Crippen molar-refractivity contribution in [3.63, 3.8) is 0 Å². The van der Waals surface area contributed by atoms with Crippen LogP contribution in [0.15, 0.2) is 6.20 Å². The lowest BCUT2D eigenvalue weighted by atomic mass is 10.1. The lowest BCUT2D eigenvalue weighted by Gasteiger charge is -2.31. The molecule has 0 amide bonds. The summed E-state index contributed by atoms with van der Waals surface area (Å²) in [6.07, 6.45) is 3.56. The Hall–Kier alpha value is -1.07. The number of rotatable bonds is 8. The Bertz CT molecular complexity index is 385. The fourth-order valence-corrected chi connectivity index (χ4v) is 2.30. The van der Waals surface area contributed by atoms with Gasteiger partial charge in [-0.25, -0.2) is 4.98 Å². The Kier molecular flexibility index (Phi) is 6.87. The molecule has 0 atom stereocenters. The molecule has 0 saturated heterocycles. The first-order valence-corrected chi connectivity index (χ1v) is 7.19. The van der Waals surface area contributed by atoms with Gasteiger partial charge in [0.05, 0.1) is 12.8 Å². The third-order valence-electron chi connectivity index (χ3n) is 3.06. The molecule has 1 aromatic rings. The molecule has 19 heavy (non-hydrogen) atoms. The van der Waals surface area contributed by atoms with Crippen LogP contribution in [0.5, 0.6) is 0 Å². The number of nitrogens with one attached hydrogen (secondary N) is 1. The average molecular weight is 287 g/mol. The second-order valence-electron chi connectivity index (χ2n) is 4.28. The lowest BCUT2D eigenvalue weighted by molar-refractivity contribution is 0.295. The number of hydrogen-bond acceptors (Lipinski definition) is 5. The van der Waals surface area contributed by atoms with E-state index < -0.39 is 0 Å². The maximum Gasteiger partial charge on any atom is 0.224 e. The molecular formula is C13H23ClN4O. The van der Waals surface area contributed by atoms with Gasteiger partial charge < -0.3 is 15.3 Å². The summed E-state index contributed by atoms with van der Waals surface area (Å²) in [6, 6.07) is 0.314. The molecule has 1 heterocycles. The molecule has 0 aliphatic rings. The molecule has 0 bridgehead atoms. The molecule has 2 N–H and O–H groups in total. The summed E-state index contributed by atoms with van der Waals surface area (Å²) < 4.78 is 0. The summed E-state index contributed by atoms with van der Waals surface area (Å²) in [6.45, 7) is 7.59. The SMILES string of the molecule is CCNc1ncc(Cl)c(N(CCO)C(CC)CC)n1. The number of aromatic nitrogens is 2. The van der Waals surface area contributed by atoms with Gasteiger partial charge in [-0.1, -0.05) is 25.4 Å². The number of aliphatic hydroxyl groups excluding tert-OH is 1. The van der Waals surface area contributed by atoms with Crippen molar-refractivity contribution in [2.45, 2.75) is 39.7 Å². The van der Waals surface area contributed by atoms with Gasteiger partial charge in [0.15, 0.2) is 5.82 Å². The average Bonchev–Trinajstić information content (AvgIpc) is 2.42. The third-order valence-corrected chi connectivity index (χ3v) is 3.32. The van der Waals surface area contributed by atoms with Gasteiger partial charge in [0.2, 0.25) is 5.95 Å². The van der Waals surface area contributed by atoms with Crippen molar-refractivity contribution in [1.82, 2.24) is 9.97 Å². The van der Waals surface area contributed by atoms with Gasteiger partial charge >= 0.3 is 0 Å². The maximum absolute atomic E-state index is 9.26. The first kappa shape index (κ1) is 16.0. The molecule has 108 valence electrons. The fourth-order valence-electron chi connectivity index (χ4n) is 2.10. The second kappa shape index (κ2) is 8.17. The van der Waals surface area contributed by atoms with Crippen LogP contribution in [0, 0.1) is 0 Å². The Morgan fingerprint density at radius 1 is 1.37 bits per heavy atom. The highest BCUT2D eigenvalue weighted by Gasteiger charge is 2.20. The summed E-state index contributed by atoms with van der Waals surface area (Å²) in [5.74, 6) is 1.26. The first-order valence-electron chi connectivity index (χ1n) is 6.81. The summed E-state index contributed by atoms with van der Waals surface area (Å²) >= 11 is 6.21. The van der Waals surface area contributed by atoms with Crippen molar-refractivity contribution >= 4 is 23.4 Å². The van der Waals surface area contributed by atoms with Gasteiger partial charge in [0, 0.05) is 19.1 Å². The van der Waals surface area contributed by atoms with Crippen molar-refractivity contribution in [1.29, 1.82) is 0 Å². The topological polar surface area (TPSA) is 61.3 Å². The minimum Gasteiger partial charge on any atom is -0.395 e. The smallest absolute Gasteiger partial charge is 0.224 e. The minimum atomic E-state index is 0.0768. The molecule has 0 saturated carbocycles. The molecule has 5 nitrogen and oxygen atoms in total. The van der Waals surface area contributed by atoms with E-state index in [2.05, 4.69) is 34.0 Å². The molecule has 0 aromatic carbocycles. The van der Waals surface area contributed by atoms with E-state index in [1.165, 1.54) is 0 Å². The van der Waals surface area contributed by atoms with Crippen LogP contribution in [0.1, 0.15) is 33.6 Å². The van der Waals surface area contributed by atoms with Crippen LogP contribution < -0.4 is 10.2 Å². The number of nitrogens with zero attached hydrogens (tertiary/aromatic N) is 3. The zero-order valence-electron chi connectivity index (χ0n) is 11.9. The van der Waals surface area contributed by atoms with E-state index in [1.807, 2.05) is 6.92 Å². The normalized spacial score (nSPS) is 10.8. The molecule has 0 unspecified atom stereocenters. The summed E-state index contributed by atoms with van der Waals surface area (Å²) in [7, 11) is 0. The zero-order chi connectivity index (χ0) is 14.3. The molecule has 0 aliphatic carbocycles. The van der Waals surface area contributed by atoms with Gasteiger partial charge in [0.1, 0.15) is 5.02 Å². The summed E-state index contributed by atoms with van der Waals surface area (Å²) in [4.78, 5) is 10.7. The van der Waals surface area contributed by atoms with Gasteiger partial charge in [-0.2, -0.15) is 4.98 Å². The first-order chi connectivity index (χ1) is 9.17. The van der Waals surface area contributed by atoms with Gasteiger partial charge in [-0.15, -0.1) is 0 Å². The number of halogens is 1. The number of anilines is 2. The quantitative estimate of drug-likeness (QED) is 0.769. The van der Waals surface area contributed by atoms with Crippen LogP contribution in [-0.2, 0) is 0 Å². The van der Waals surface area contributed by atoms with E-state index in [0.29, 0.717) is 29.4 Å². The van der Waals surface area contributed by atoms with Gasteiger partial charge in [-0.3, -0.25) is 0 Å². The van der Waals surface area contributed by atoms with E-state index in [0.717, 1.165) is 19.4 Å². The lowest BCUT2D eigenvalue weighted by Crippen LogP contribution is -2.37. The van der Waals surface area contributed by atoms with Crippen LogP contribution in [0.4, 0.5) is 11.8 Å². The van der Waals surface area contributed by atoms with Crippen molar-refractivity contribution < 1.29 is 5.11 Å². The highest BCUT2D eigenvalue weighted by molar-refractivity contribution is 6.32. The largest absolute Gasteiger partial charge is 0.395 e. The number of hydrogen-bond donors (Lipinski definition) is 2. The van der Waals surface area contributed by atoms with E-state index in [9.17, 15) is 5.11 Å². The van der Waals surface area contributed by atoms with E-state index in [4.69, 9.17) is 11.6 Å². The highest BCUT2D eigenvalue weighted by Crippen LogP contribution is 2.27. The highest BCUT2D eigenvalue weighted by atomic mass is 35.5. The fraction of sp³-hybridized carbons (Fsp3) is 0.692. The molecule has 0 radical (unpaired) electrons. The number of aliphatic hydroxyl groups is 1. The Morgan fingerprint density at radius 3 is 2.58 bits per heavy atom. The Labute approximate surface area is 120 Å². The monoisotopic (exact) mass is 286 g/mol. The van der Waals surface area contributed by atoms with E-state index >= 15 is 0 Å². The molecule has 0 aliphatic heterocycles. The standard InChI is InChI=1S/C13H23ClN4O/c1-4-10(5-2)18(7-8-19)12-11(14)9-16-13(17-12)15-6-3/h9-10,19H,4-8H2,1-3H3,(H,15,16,17). The summed E-state index contributed by atoms with van der Waals surface area (Å²) in [5.41, 5.74) is 0. The Balaban J connectivity index is 3.09. The molecule has 1 aromatic heterocycles. The third kappa shape index (κ3) is 4.21. The second-order valence-corrected chi connectivity index (χ2v) is 4.69. The van der Waals surface area contributed by atoms with Gasteiger partial charge in [-0.05, 0) is 19.8 Å². The molecular weight excluding hydrogens is 264 g/mol. The zero-order valence-corrected chi connectivity index (χ0v) is 12.6. The Morgan fingerprint density at radius 2 is 2.05 bits per heavy atom.